The van der Waals surface area contributed by atoms with E-state index in [4.69, 9.17) is 33.0 Å². The number of halogens is 2. The lowest BCUT2D eigenvalue weighted by atomic mass is 10.2. The predicted octanol–water partition coefficient (Wildman–Crippen LogP) is 2.53. The second-order valence-corrected chi connectivity index (χ2v) is 3.54. The molecule has 0 bridgehead atoms. The number of aliphatic hydroxyl groups excluding tert-OH is 1. The normalized spacial score (nSPS) is 10.5. The third-order valence-electron chi connectivity index (χ3n) is 1.47. The summed E-state index contributed by atoms with van der Waals surface area (Å²) in [6.45, 7) is 0.272. The predicted molar refractivity (Wildman–Crippen MR) is 53.5 cm³/mol. The highest BCUT2D eigenvalue weighted by molar-refractivity contribution is 6.44. The topological polar surface area (TPSA) is 29.5 Å². The summed E-state index contributed by atoms with van der Waals surface area (Å²) in [4.78, 5) is -0.544. The lowest BCUT2D eigenvalue weighted by molar-refractivity contribution is 0.201. The molecule has 0 radical (unpaired) electrons. The number of alkyl halides is 2. The van der Waals surface area contributed by atoms with E-state index >= 15 is 0 Å². The molecule has 0 aromatic heterocycles. The molecule has 0 unspecified atom stereocenters. The lowest BCUT2D eigenvalue weighted by Gasteiger charge is -2.06. The summed E-state index contributed by atoms with van der Waals surface area (Å²) in [5.74, 6) is 0.665. The van der Waals surface area contributed by atoms with Gasteiger partial charge < -0.3 is 9.84 Å². The van der Waals surface area contributed by atoms with Crippen molar-refractivity contribution in [1.82, 2.24) is 0 Å². The molecule has 0 saturated heterocycles. The number of hydrogen-bond donors (Lipinski definition) is 1. The number of rotatable bonds is 4. The van der Waals surface area contributed by atoms with Crippen molar-refractivity contribution < 1.29 is 9.84 Å². The Morgan fingerprint density at radius 1 is 1.38 bits per heavy atom. The molecule has 1 rings (SSSR count). The monoisotopic (exact) mass is 220 g/mol. The number of benzene rings is 1. The third kappa shape index (κ3) is 3.43. The van der Waals surface area contributed by atoms with E-state index in [1.54, 1.807) is 18.2 Å². The molecule has 72 valence electrons. The van der Waals surface area contributed by atoms with Gasteiger partial charge in [0, 0.05) is 0 Å². The van der Waals surface area contributed by atoms with Crippen molar-refractivity contribution in [1.29, 1.82) is 0 Å². The van der Waals surface area contributed by atoms with Gasteiger partial charge in [0.2, 0.25) is 0 Å². The minimum atomic E-state index is -0.544. The number of ether oxygens (including phenoxy) is 1. The van der Waals surface area contributed by atoms with E-state index < -0.39 is 4.84 Å². The first-order valence-corrected chi connectivity index (χ1v) is 4.73. The maximum absolute atomic E-state index is 8.53. The van der Waals surface area contributed by atoms with Gasteiger partial charge in [0.1, 0.15) is 17.2 Å². The Morgan fingerprint density at radius 3 is 2.77 bits per heavy atom. The zero-order valence-corrected chi connectivity index (χ0v) is 8.42. The van der Waals surface area contributed by atoms with Crippen LogP contribution < -0.4 is 4.74 Å². The molecule has 0 fully saturated rings. The molecule has 2 nitrogen and oxygen atoms in total. The molecule has 0 spiro atoms. The van der Waals surface area contributed by atoms with Crippen LogP contribution >= 0.6 is 23.2 Å². The molecule has 0 atom stereocenters. The van der Waals surface area contributed by atoms with E-state index in [0.29, 0.717) is 5.75 Å². The largest absolute Gasteiger partial charge is 0.491 e. The van der Waals surface area contributed by atoms with Crippen LogP contribution in [0.2, 0.25) is 0 Å². The first-order chi connectivity index (χ1) is 6.24. The van der Waals surface area contributed by atoms with Crippen LogP contribution in [0.3, 0.4) is 0 Å². The first kappa shape index (κ1) is 10.6. The third-order valence-corrected chi connectivity index (χ3v) is 1.97. The maximum atomic E-state index is 8.53. The Kier molecular flexibility index (Phi) is 4.36. The Morgan fingerprint density at radius 2 is 2.15 bits per heavy atom. The first-order valence-electron chi connectivity index (χ1n) is 3.86. The van der Waals surface area contributed by atoms with Gasteiger partial charge in [-0.2, -0.15) is 0 Å². The molecule has 0 aliphatic heterocycles. The molecule has 1 aromatic rings. The summed E-state index contributed by atoms with van der Waals surface area (Å²) in [5, 5.41) is 8.53. The van der Waals surface area contributed by atoms with E-state index in [1.807, 2.05) is 6.07 Å². The van der Waals surface area contributed by atoms with Crippen molar-refractivity contribution in [2.45, 2.75) is 4.84 Å². The average Bonchev–Trinajstić information content (AvgIpc) is 2.15. The van der Waals surface area contributed by atoms with Crippen molar-refractivity contribution in [3.8, 4) is 5.75 Å². The highest BCUT2D eigenvalue weighted by atomic mass is 35.5. The second kappa shape index (κ2) is 5.32. The quantitative estimate of drug-likeness (QED) is 0.791. The summed E-state index contributed by atoms with van der Waals surface area (Å²) in [6, 6.07) is 7.16. The molecule has 0 heterocycles. The van der Waals surface area contributed by atoms with Crippen LogP contribution in [0.5, 0.6) is 5.75 Å². The Bertz CT molecular complexity index is 264. The van der Waals surface area contributed by atoms with Gasteiger partial charge in [-0.3, -0.25) is 0 Å². The van der Waals surface area contributed by atoms with Gasteiger partial charge in [-0.1, -0.05) is 12.1 Å². The zero-order chi connectivity index (χ0) is 9.68. The standard InChI is InChI=1S/C9H10Cl2O2/c10-9(11)7-2-1-3-8(6-7)13-5-4-12/h1-3,6,9,12H,4-5H2. The summed E-state index contributed by atoms with van der Waals surface area (Å²) < 4.78 is 5.18. The van der Waals surface area contributed by atoms with Gasteiger partial charge in [0.15, 0.2) is 0 Å². The molecule has 1 N–H and O–H groups in total. The molecule has 0 aliphatic rings. The fourth-order valence-electron chi connectivity index (χ4n) is 0.904. The van der Waals surface area contributed by atoms with Crippen LogP contribution in [0.15, 0.2) is 24.3 Å². The summed E-state index contributed by atoms with van der Waals surface area (Å²) in [6.07, 6.45) is 0. The van der Waals surface area contributed by atoms with Crippen molar-refractivity contribution in [3.05, 3.63) is 29.8 Å². The van der Waals surface area contributed by atoms with Gasteiger partial charge in [-0.05, 0) is 17.7 Å². The van der Waals surface area contributed by atoms with Crippen LogP contribution in [0.1, 0.15) is 10.4 Å². The van der Waals surface area contributed by atoms with Gasteiger partial charge in [-0.15, -0.1) is 23.2 Å². The molecule has 13 heavy (non-hydrogen) atoms. The molecule has 4 heteroatoms. The van der Waals surface area contributed by atoms with E-state index in [0.717, 1.165) is 5.56 Å². The minimum absolute atomic E-state index is 0.00456. The number of hydrogen-bond acceptors (Lipinski definition) is 2. The molecule has 1 aromatic carbocycles. The smallest absolute Gasteiger partial charge is 0.132 e. The fraction of sp³-hybridized carbons (Fsp3) is 0.333. The Labute approximate surface area is 87.0 Å². The van der Waals surface area contributed by atoms with Crippen molar-refractivity contribution in [2.75, 3.05) is 13.2 Å². The van der Waals surface area contributed by atoms with Crippen LogP contribution in [-0.2, 0) is 0 Å². The van der Waals surface area contributed by atoms with E-state index in [2.05, 4.69) is 0 Å². The van der Waals surface area contributed by atoms with Crippen molar-refractivity contribution >= 4 is 23.2 Å². The zero-order valence-electron chi connectivity index (χ0n) is 6.91. The molecule has 0 saturated carbocycles. The maximum Gasteiger partial charge on any atom is 0.132 e. The Hall–Kier alpha value is -0.440. The second-order valence-electron chi connectivity index (χ2n) is 2.45. The van der Waals surface area contributed by atoms with Crippen LogP contribution in [-0.4, -0.2) is 18.3 Å². The van der Waals surface area contributed by atoms with Crippen LogP contribution in [0, 0.1) is 0 Å². The SMILES string of the molecule is OCCOc1cccc(C(Cl)Cl)c1. The van der Waals surface area contributed by atoms with Gasteiger partial charge in [0.05, 0.1) is 6.61 Å². The van der Waals surface area contributed by atoms with Crippen LogP contribution in [0.25, 0.3) is 0 Å². The summed E-state index contributed by atoms with van der Waals surface area (Å²) >= 11 is 11.3. The highest BCUT2D eigenvalue weighted by Crippen LogP contribution is 2.27. The molecule has 0 aliphatic carbocycles. The lowest BCUT2D eigenvalue weighted by Crippen LogP contribution is -2.01. The molecular formula is C9H10Cl2O2. The minimum Gasteiger partial charge on any atom is -0.491 e. The van der Waals surface area contributed by atoms with E-state index in [1.165, 1.54) is 0 Å². The highest BCUT2D eigenvalue weighted by Gasteiger charge is 2.03. The van der Waals surface area contributed by atoms with Gasteiger partial charge in [-0.25, -0.2) is 0 Å². The summed E-state index contributed by atoms with van der Waals surface area (Å²) in [5.41, 5.74) is 0.791. The summed E-state index contributed by atoms with van der Waals surface area (Å²) in [7, 11) is 0. The fourth-order valence-corrected chi connectivity index (χ4v) is 1.18. The van der Waals surface area contributed by atoms with E-state index in [9.17, 15) is 0 Å². The van der Waals surface area contributed by atoms with Gasteiger partial charge >= 0.3 is 0 Å². The number of aliphatic hydroxyl groups is 1. The van der Waals surface area contributed by atoms with Crippen LogP contribution in [0.4, 0.5) is 0 Å². The van der Waals surface area contributed by atoms with E-state index in [-0.39, 0.29) is 13.2 Å². The molecular weight excluding hydrogens is 211 g/mol. The molecule has 0 amide bonds. The Balaban J connectivity index is 2.68. The van der Waals surface area contributed by atoms with Crippen molar-refractivity contribution in [2.24, 2.45) is 0 Å². The van der Waals surface area contributed by atoms with Gasteiger partial charge in [0.25, 0.3) is 0 Å². The van der Waals surface area contributed by atoms with Crippen molar-refractivity contribution in [3.63, 3.8) is 0 Å². The average molecular weight is 221 g/mol.